The average molecular weight is 200 g/mol. The van der Waals surface area contributed by atoms with E-state index in [0.717, 1.165) is 19.5 Å². The number of carbonyl (C=O) groups excluding carboxylic acids is 1. The van der Waals surface area contributed by atoms with Crippen LogP contribution >= 0.6 is 0 Å². The van der Waals surface area contributed by atoms with E-state index in [2.05, 4.69) is 5.32 Å². The third-order valence-electron chi connectivity index (χ3n) is 2.81. The number of hydrogen-bond acceptors (Lipinski definition) is 4. The van der Waals surface area contributed by atoms with Crippen molar-refractivity contribution < 1.29 is 14.3 Å². The predicted octanol–water partition coefficient (Wildman–Crippen LogP) is -0.183. The summed E-state index contributed by atoms with van der Waals surface area (Å²) in [5.41, 5.74) is -0.259. The number of methoxy groups -OCH3 is 1. The minimum Gasteiger partial charge on any atom is -0.439 e. The van der Waals surface area contributed by atoms with Gasteiger partial charge in [0.05, 0.1) is 13.2 Å². The first kappa shape index (κ1) is 9.73. The Balaban J connectivity index is 1.92. The molecule has 1 N–H and O–H groups in total. The summed E-state index contributed by atoms with van der Waals surface area (Å²) >= 11 is 0. The zero-order valence-corrected chi connectivity index (χ0v) is 8.41. The van der Waals surface area contributed by atoms with Crippen LogP contribution in [0.25, 0.3) is 0 Å². The monoisotopic (exact) mass is 200 g/mol. The molecule has 2 rings (SSSR count). The van der Waals surface area contributed by atoms with Gasteiger partial charge in [-0.3, -0.25) is 0 Å². The van der Waals surface area contributed by atoms with E-state index in [4.69, 9.17) is 9.47 Å². The molecule has 5 heteroatoms. The Morgan fingerprint density at radius 1 is 1.71 bits per heavy atom. The number of ether oxygens (including phenoxy) is 2. The van der Waals surface area contributed by atoms with E-state index in [1.165, 1.54) is 0 Å². The van der Waals surface area contributed by atoms with Gasteiger partial charge in [0.1, 0.15) is 5.60 Å². The van der Waals surface area contributed by atoms with E-state index in [0.29, 0.717) is 19.7 Å². The summed E-state index contributed by atoms with van der Waals surface area (Å²) in [5.74, 6) is 0. The Morgan fingerprint density at radius 3 is 3.21 bits per heavy atom. The molecule has 5 nitrogen and oxygen atoms in total. The number of amides is 1. The van der Waals surface area contributed by atoms with Gasteiger partial charge in [-0.05, 0) is 6.54 Å². The molecule has 1 unspecified atom stereocenters. The minimum absolute atomic E-state index is 0.203. The molecule has 2 saturated heterocycles. The van der Waals surface area contributed by atoms with Gasteiger partial charge in [-0.25, -0.2) is 4.79 Å². The van der Waals surface area contributed by atoms with Crippen molar-refractivity contribution in [2.24, 2.45) is 0 Å². The molecule has 0 aromatic carbocycles. The Morgan fingerprint density at radius 2 is 2.57 bits per heavy atom. The molecule has 1 spiro atoms. The fraction of sp³-hybridized carbons (Fsp3) is 0.889. The summed E-state index contributed by atoms with van der Waals surface area (Å²) < 4.78 is 10.3. The molecule has 1 amide bonds. The topological polar surface area (TPSA) is 50.8 Å². The van der Waals surface area contributed by atoms with Gasteiger partial charge in [-0.2, -0.15) is 0 Å². The van der Waals surface area contributed by atoms with Gasteiger partial charge in [0.2, 0.25) is 0 Å². The van der Waals surface area contributed by atoms with Crippen molar-refractivity contribution in [2.45, 2.75) is 12.0 Å². The van der Waals surface area contributed by atoms with Crippen molar-refractivity contribution in [1.29, 1.82) is 0 Å². The highest BCUT2D eigenvalue weighted by atomic mass is 16.6. The summed E-state index contributed by atoms with van der Waals surface area (Å²) in [6.45, 7) is 3.60. The van der Waals surface area contributed by atoms with Gasteiger partial charge in [0.15, 0.2) is 0 Å². The predicted molar refractivity (Wildman–Crippen MR) is 50.1 cm³/mol. The van der Waals surface area contributed by atoms with Crippen molar-refractivity contribution in [3.63, 3.8) is 0 Å². The zero-order chi connectivity index (χ0) is 10.0. The van der Waals surface area contributed by atoms with Crippen LogP contribution in [0.4, 0.5) is 4.79 Å². The van der Waals surface area contributed by atoms with Crippen LogP contribution in [0.15, 0.2) is 0 Å². The standard InChI is InChI=1S/C9H16N2O3/c1-13-5-4-11-7-9(14-8(11)12)2-3-10-6-9/h10H,2-7H2,1H3. The first-order valence-corrected chi connectivity index (χ1v) is 4.93. The molecule has 0 bridgehead atoms. The molecule has 0 aromatic heterocycles. The first-order valence-electron chi connectivity index (χ1n) is 4.93. The third kappa shape index (κ3) is 1.69. The van der Waals surface area contributed by atoms with Crippen molar-refractivity contribution >= 4 is 6.09 Å². The van der Waals surface area contributed by atoms with Gasteiger partial charge < -0.3 is 19.7 Å². The normalized spacial score (nSPS) is 31.5. The summed E-state index contributed by atoms with van der Waals surface area (Å²) in [6, 6.07) is 0. The molecule has 2 heterocycles. The van der Waals surface area contributed by atoms with Crippen LogP contribution in [0.2, 0.25) is 0 Å². The molecular weight excluding hydrogens is 184 g/mol. The Kier molecular flexibility index (Phi) is 2.60. The molecule has 2 fully saturated rings. The van der Waals surface area contributed by atoms with E-state index < -0.39 is 0 Å². The number of nitrogens with zero attached hydrogens (tertiary/aromatic N) is 1. The fourth-order valence-corrected chi connectivity index (χ4v) is 2.01. The van der Waals surface area contributed by atoms with Crippen molar-refractivity contribution in [2.75, 3.05) is 39.9 Å². The average Bonchev–Trinajstić information content (AvgIpc) is 2.72. The SMILES string of the molecule is COCCN1CC2(CCNC2)OC1=O. The molecule has 14 heavy (non-hydrogen) atoms. The molecule has 0 aromatic rings. The second kappa shape index (κ2) is 3.74. The van der Waals surface area contributed by atoms with Crippen LogP contribution in [0.5, 0.6) is 0 Å². The smallest absolute Gasteiger partial charge is 0.410 e. The third-order valence-corrected chi connectivity index (χ3v) is 2.81. The Labute approximate surface area is 83.3 Å². The quantitative estimate of drug-likeness (QED) is 0.686. The highest BCUT2D eigenvalue weighted by Gasteiger charge is 2.46. The Bertz CT molecular complexity index is 226. The maximum Gasteiger partial charge on any atom is 0.410 e. The lowest BCUT2D eigenvalue weighted by molar-refractivity contribution is 0.0725. The van der Waals surface area contributed by atoms with Crippen LogP contribution in [0.3, 0.4) is 0 Å². The van der Waals surface area contributed by atoms with Gasteiger partial charge in [0.25, 0.3) is 0 Å². The molecule has 0 saturated carbocycles. The second-order valence-corrected chi connectivity index (χ2v) is 3.89. The summed E-state index contributed by atoms with van der Waals surface area (Å²) in [5, 5.41) is 3.22. The largest absolute Gasteiger partial charge is 0.439 e. The van der Waals surface area contributed by atoms with Gasteiger partial charge in [-0.1, -0.05) is 0 Å². The van der Waals surface area contributed by atoms with Gasteiger partial charge in [0, 0.05) is 26.6 Å². The molecule has 2 aliphatic heterocycles. The minimum atomic E-state index is -0.259. The zero-order valence-electron chi connectivity index (χ0n) is 8.41. The van der Waals surface area contributed by atoms with E-state index in [9.17, 15) is 4.79 Å². The lowest BCUT2D eigenvalue weighted by Crippen LogP contribution is -2.37. The lowest BCUT2D eigenvalue weighted by atomic mass is 10.0. The van der Waals surface area contributed by atoms with E-state index >= 15 is 0 Å². The maximum atomic E-state index is 11.5. The van der Waals surface area contributed by atoms with Crippen LogP contribution in [-0.4, -0.2) is 56.5 Å². The molecule has 1 atom stereocenters. The van der Waals surface area contributed by atoms with Gasteiger partial charge >= 0.3 is 6.09 Å². The fourth-order valence-electron chi connectivity index (χ4n) is 2.01. The summed E-state index contributed by atoms with van der Waals surface area (Å²) in [7, 11) is 1.63. The summed E-state index contributed by atoms with van der Waals surface area (Å²) in [4.78, 5) is 13.2. The van der Waals surface area contributed by atoms with Crippen LogP contribution in [0, 0.1) is 0 Å². The van der Waals surface area contributed by atoms with Crippen LogP contribution < -0.4 is 5.32 Å². The highest BCUT2D eigenvalue weighted by Crippen LogP contribution is 2.28. The molecule has 0 radical (unpaired) electrons. The Hall–Kier alpha value is -0.810. The van der Waals surface area contributed by atoms with Crippen LogP contribution in [0.1, 0.15) is 6.42 Å². The van der Waals surface area contributed by atoms with E-state index in [1.807, 2.05) is 0 Å². The van der Waals surface area contributed by atoms with Crippen LogP contribution in [-0.2, 0) is 9.47 Å². The number of nitrogens with one attached hydrogen (secondary N) is 1. The molecule has 80 valence electrons. The number of carbonyl (C=O) groups is 1. The number of rotatable bonds is 3. The van der Waals surface area contributed by atoms with Gasteiger partial charge in [-0.15, -0.1) is 0 Å². The first-order chi connectivity index (χ1) is 6.76. The lowest BCUT2D eigenvalue weighted by Gasteiger charge is -2.18. The van der Waals surface area contributed by atoms with E-state index in [-0.39, 0.29) is 11.7 Å². The number of hydrogen-bond donors (Lipinski definition) is 1. The van der Waals surface area contributed by atoms with Crippen molar-refractivity contribution in [1.82, 2.24) is 10.2 Å². The molecule has 2 aliphatic rings. The summed E-state index contributed by atoms with van der Waals surface area (Å²) in [6.07, 6.45) is 0.716. The second-order valence-electron chi connectivity index (χ2n) is 3.89. The molecular formula is C9H16N2O3. The molecule has 0 aliphatic carbocycles. The van der Waals surface area contributed by atoms with Crippen molar-refractivity contribution in [3.8, 4) is 0 Å². The van der Waals surface area contributed by atoms with E-state index in [1.54, 1.807) is 12.0 Å². The van der Waals surface area contributed by atoms with Crippen molar-refractivity contribution in [3.05, 3.63) is 0 Å². The maximum absolute atomic E-state index is 11.5. The highest BCUT2D eigenvalue weighted by molar-refractivity contribution is 5.70.